The van der Waals surface area contributed by atoms with Crippen molar-refractivity contribution in [3.63, 3.8) is 0 Å². The number of hydrogen-bond acceptors (Lipinski definition) is 3. The van der Waals surface area contributed by atoms with Gasteiger partial charge in [0.25, 0.3) is 0 Å². The summed E-state index contributed by atoms with van der Waals surface area (Å²) in [5, 5.41) is 3.00. The summed E-state index contributed by atoms with van der Waals surface area (Å²) in [6, 6.07) is 0. The minimum absolute atomic E-state index is 0.159. The van der Waals surface area contributed by atoms with Crippen LogP contribution in [0.5, 0.6) is 0 Å². The van der Waals surface area contributed by atoms with Crippen LogP contribution in [0.25, 0.3) is 0 Å². The monoisotopic (exact) mass is 129 g/mol. The number of carbonyl (C=O) groups is 1. The second-order valence-electron chi connectivity index (χ2n) is 2.50. The van der Waals surface area contributed by atoms with Crippen LogP contribution in [0.4, 0.5) is 0 Å². The van der Waals surface area contributed by atoms with Crippen LogP contribution in [0.2, 0.25) is 0 Å². The first-order valence-corrected chi connectivity index (χ1v) is 3.02. The van der Waals surface area contributed by atoms with Gasteiger partial charge >= 0.3 is 5.97 Å². The van der Waals surface area contributed by atoms with E-state index in [0.717, 1.165) is 13.0 Å². The smallest absolute Gasteiger partial charge is 0.325 e. The zero-order chi connectivity index (χ0) is 6.91. The van der Waals surface area contributed by atoms with Gasteiger partial charge in [-0.25, -0.2) is 0 Å². The quantitative estimate of drug-likeness (QED) is 0.503. The largest absolute Gasteiger partial charge is 0.468 e. The normalized spacial score (nSPS) is 33.1. The van der Waals surface area contributed by atoms with Gasteiger partial charge < -0.3 is 10.1 Å². The molecule has 0 bridgehead atoms. The van der Waals surface area contributed by atoms with E-state index in [9.17, 15) is 4.79 Å². The molecule has 0 aromatic rings. The maximum absolute atomic E-state index is 10.8. The molecule has 0 aromatic heterocycles. The molecule has 1 heterocycles. The molecule has 1 saturated heterocycles. The first-order chi connectivity index (χ1) is 4.19. The van der Waals surface area contributed by atoms with Crippen LogP contribution >= 0.6 is 0 Å². The predicted octanol–water partition coefficient (Wildman–Crippen LogP) is -0.0886. The summed E-state index contributed by atoms with van der Waals surface area (Å²) in [6.45, 7) is 2.77. The van der Waals surface area contributed by atoms with Crippen LogP contribution in [0.15, 0.2) is 0 Å². The molecule has 0 unspecified atom stereocenters. The first-order valence-electron chi connectivity index (χ1n) is 3.02. The summed E-state index contributed by atoms with van der Waals surface area (Å²) in [6.07, 6.45) is 0.889. The van der Waals surface area contributed by atoms with Gasteiger partial charge in [-0.15, -0.1) is 0 Å². The van der Waals surface area contributed by atoms with Crippen LogP contribution in [-0.2, 0) is 9.53 Å². The molecule has 0 radical (unpaired) electrons. The Morgan fingerprint density at radius 3 is 2.44 bits per heavy atom. The molecule has 1 N–H and O–H groups in total. The van der Waals surface area contributed by atoms with Crippen LogP contribution in [0.3, 0.4) is 0 Å². The molecule has 3 nitrogen and oxygen atoms in total. The van der Waals surface area contributed by atoms with Crippen molar-refractivity contribution >= 4 is 5.97 Å². The van der Waals surface area contributed by atoms with Crippen molar-refractivity contribution in [3.05, 3.63) is 0 Å². The second-order valence-corrected chi connectivity index (χ2v) is 2.50. The van der Waals surface area contributed by atoms with Crippen molar-refractivity contribution in [2.75, 3.05) is 13.7 Å². The molecular weight excluding hydrogens is 118 g/mol. The zero-order valence-corrected chi connectivity index (χ0v) is 5.73. The van der Waals surface area contributed by atoms with Gasteiger partial charge in [-0.3, -0.25) is 4.79 Å². The van der Waals surface area contributed by atoms with Crippen molar-refractivity contribution in [3.8, 4) is 0 Å². The summed E-state index contributed by atoms with van der Waals surface area (Å²) in [5.74, 6) is -0.159. The zero-order valence-electron chi connectivity index (χ0n) is 5.73. The lowest BCUT2D eigenvalue weighted by Gasteiger charge is -2.36. The van der Waals surface area contributed by atoms with Gasteiger partial charge in [0.1, 0.15) is 5.54 Å². The van der Waals surface area contributed by atoms with Crippen LogP contribution in [-0.4, -0.2) is 25.2 Å². The van der Waals surface area contributed by atoms with Gasteiger partial charge in [0.05, 0.1) is 7.11 Å². The molecule has 0 amide bonds. The average Bonchev–Trinajstić information content (AvgIpc) is 1.81. The Bertz CT molecular complexity index is 129. The maximum Gasteiger partial charge on any atom is 0.325 e. The summed E-state index contributed by atoms with van der Waals surface area (Å²) >= 11 is 0. The van der Waals surface area contributed by atoms with Crippen molar-refractivity contribution in [2.24, 2.45) is 0 Å². The van der Waals surface area contributed by atoms with Crippen LogP contribution in [0, 0.1) is 0 Å². The van der Waals surface area contributed by atoms with Crippen molar-refractivity contribution in [1.29, 1.82) is 0 Å². The highest BCUT2D eigenvalue weighted by Crippen LogP contribution is 2.18. The second kappa shape index (κ2) is 1.99. The van der Waals surface area contributed by atoms with Crippen molar-refractivity contribution in [1.82, 2.24) is 5.32 Å². The van der Waals surface area contributed by atoms with E-state index in [1.165, 1.54) is 7.11 Å². The molecule has 3 heteroatoms. The molecule has 9 heavy (non-hydrogen) atoms. The van der Waals surface area contributed by atoms with Gasteiger partial charge in [0.2, 0.25) is 0 Å². The Morgan fingerprint density at radius 1 is 1.78 bits per heavy atom. The topological polar surface area (TPSA) is 38.3 Å². The molecule has 1 rings (SSSR count). The number of hydrogen-bond donors (Lipinski definition) is 1. The maximum atomic E-state index is 10.8. The third kappa shape index (κ3) is 0.920. The Hall–Kier alpha value is -0.570. The highest BCUT2D eigenvalue weighted by Gasteiger charge is 2.39. The molecule has 1 atom stereocenters. The molecule has 0 spiro atoms. The minimum atomic E-state index is -0.380. The number of carbonyl (C=O) groups excluding carboxylic acids is 1. The molecule has 1 fully saturated rings. The number of ether oxygens (including phenoxy) is 1. The van der Waals surface area contributed by atoms with Crippen LogP contribution < -0.4 is 5.32 Å². The third-order valence-electron chi connectivity index (χ3n) is 1.78. The molecular formula is C6H11NO2. The first kappa shape index (κ1) is 6.55. The SMILES string of the molecule is COC(=O)[C@@]1(C)CCN1. The summed E-state index contributed by atoms with van der Waals surface area (Å²) in [4.78, 5) is 10.8. The Morgan fingerprint density at radius 2 is 2.33 bits per heavy atom. The third-order valence-corrected chi connectivity index (χ3v) is 1.78. The predicted molar refractivity (Wildman–Crippen MR) is 33.0 cm³/mol. The summed E-state index contributed by atoms with van der Waals surface area (Å²) in [5.41, 5.74) is -0.380. The molecule has 1 aliphatic heterocycles. The van der Waals surface area contributed by atoms with Gasteiger partial charge in [0.15, 0.2) is 0 Å². The van der Waals surface area contributed by atoms with Gasteiger partial charge in [-0.2, -0.15) is 0 Å². The highest BCUT2D eigenvalue weighted by molar-refractivity contribution is 5.81. The minimum Gasteiger partial charge on any atom is -0.468 e. The van der Waals surface area contributed by atoms with E-state index in [-0.39, 0.29) is 11.5 Å². The van der Waals surface area contributed by atoms with Gasteiger partial charge in [-0.1, -0.05) is 0 Å². The summed E-state index contributed by atoms with van der Waals surface area (Å²) < 4.78 is 4.56. The van der Waals surface area contributed by atoms with E-state index in [1.807, 2.05) is 6.92 Å². The van der Waals surface area contributed by atoms with Crippen LogP contribution in [0.1, 0.15) is 13.3 Å². The average molecular weight is 129 g/mol. The lowest BCUT2D eigenvalue weighted by atomic mass is 9.91. The van der Waals surface area contributed by atoms with Gasteiger partial charge in [0, 0.05) is 0 Å². The van der Waals surface area contributed by atoms with Crippen molar-refractivity contribution in [2.45, 2.75) is 18.9 Å². The lowest BCUT2D eigenvalue weighted by Crippen LogP contribution is -2.60. The summed E-state index contributed by atoms with van der Waals surface area (Å²) in [7, 11) is 1.41. The Kier molecular flexibility index (Phi) is 1.45. The lowest BCUT2D eigenvalue weighted by molar-refractivity contribution is -0.150. The number of esters is 1. The van der Waals surface area contributed by atoms with E-state index in [0.29, 0.717) is 0 Å². The molecule has 1 aliphatic rings. The number of rotatable bonds is 1. The Balaban J connectivity index is 2.49. The number of methoxy groups -OCH3 is 1. The fourth-order valence-electron chi connectivity index (χ4n) is 0.899. The molecule has 52 valence electrons. The van der Waals surface area contributed by atoms with Gasteiger partial charge in [-0.05, 0) is 19.9 Å². The molecule has 0 saturated carbocycles. The fourth-order valence-corrected chi connectivity index (χ4v) is 0.899. The van der Waals surface area contributed by atoms with E-state index >= 15 is 0 Å². The molecule has 0 aromatic carbocycles. The van der Waals surface area contributed by atoms with E-state index < -0.39 is 0 Å². The Labute approximate surface area is 54.4 Å². The van der Waals surface area contributed by atoms with E-state index in [2.05, 4.69) is 10.1 Å². The van der Waals surface area contributed by atoms with Crippen molar-refractivity contribution < 1.29 is 9.53 Å². The highest BCUT2D eigenvalue weighted by atomic mass is 16.5. The number of nitrogens with one attached hydrogen (secondary N) is 1. The van der Waals surface area contributed by atoms with E-state index in [4.69, 9.17) is 0 Å². The molecule has 0 aliphatic carbocycles. The standard InChI is InChI=1S/C6H11NO2/c1-6(3-4-7-6)5(8)9-2/h7H,3-4H2,1-2H3/t6-/m1/s1. The van der Waals surface area contributed by atoms with E-state index in [1.54, 1.807) is 0 Å². The fraction of sp³-hybridized carbons (Fsp3) is 0.833.